The summed E-state index contributed by atoms with van der Waals surface area (Å²) in [6.45, 7) is 3.87. The summed E-state index contributed by atoms with van der Waals surface area (Å²) < 4.78 is 0.954. The number of nitrogens with two attached hydrogens (primary N) is 1. The zero-order chi connectivity index (χ0) is 16.0. The van der Waals surface area contributed by atoms with E-state index in [1.807, 2.05) is 32.0 Å². The molecule has 0 spiro atoms. The number of carbonyl (C=O) groups is 2. The molecule has 1 unspecified atom stereocenters. The Balaban J connectivity index is 2.58. The first-order valence-electron chi connectivity index (χ1n) is 6.91. The highest BCUT2D eigenvalue weighted by molar-refractivity contribution is 9.10. The van der Waals surface area contributed by atoms with Crippen LogP contribution in [0.3, 0.4) is 0 Å². The maximum atomic E-state index is 12.0. The molecule has 0 saturated heterocycles. The van der Waals surface area contributed by atoms with Gasteiger partial charge >= 0.3 is 0 Å². The van der Waals surface area contributed by atoms with Gasteiger partial charge in [0, 0.05) is 17.2 Å². The number of amides is 2. The summed E-state index contributed by atoms with van der Waals surface area (Å²) in [5, 5.41) is 2.80. The molecule has 1 aromatic rings. The van der Waals surface area contributed by atoms with Gasteiger partial charge in [-0.15, -0.1) is 0 Å². The SMILES string of the molecule is CCCC(N)C(=O)N(C)CC(=O)Nc1ccc(Br)cc1C. The van der Waals surface area contributed by atoms with E-state index in [2.05, 4.69) is 21.2 Å². The van der Waals surface area contributed by atoms with Crippen molar-refractivity contribution in [1.82, 2.24) is 4.90 Å². The number of likely N-dealkylation sites (N-methyl/N-ethyl adjacent to an activating group) is 1. The van der Waals surface area contributed by atoms with Crippen molar-refractivity contribution in [3.8, 4) is 0 Å². The molecule has 0 bridgehead atoms. The number of aryl methyl sites for hydroxylation is 1. The smallest absolute Gasteiger partial charge is 0.243 e. The molecule has 3 N–H and O–H groups in total. The molecule has 0 aromatic heterocycles. The van der Waals surface area contributed by atoms with Gasteiger partial charge in [-0.25, -0.2) is 0 Å². The molecular formula is C15H22BrN3O2. The van der Waals surface area contributed by atoms with Gasteiger partial charge in [-0.3, -0.25) is 9.59 Å². The molecule has 1 aromatic carbocycles. The fourth-order valence-electron chi connectivity index (χ4n) is 1.97. The number of hydrogen-bond acceptors (Lipinski definition) is 3. The van der Waals surface area contributed by atoms with Gasteiger partial charge in [-0.1, -0.05) is 29.3 Å². The van der Waals surface area contributed by atoms with Gasteiger partial charge in [0.25, 0.3) is 0 Å². The van der Waals surface area contributed by atoms with E-state index in [9.17, 15) is 9.59 Å². The van der Waals surface area contributed by atoms with E-state index >= 15 is 0 Å². The highest BCUT2D eigenvalue weighted by atomic mass is 79.9. The topological polar surface area (TPSA) is 75.4 Å². The summed E-state index contributed by atoms with van der Waals surface area (Å²) in [6, 6.07) is 5.06. The number of anilines is 1. The lowest BCUT2D eigenvalue weighted by Gasteiger charge is -2.20. The van der Waals surface area contributed by atoms with Crippen LogP contribution < -0.4 is 11.1 Å². The minimum absolute atomic E-state index is 0.00818. The summed E-state index contributed by atoms with van der Waals surface area (Å²) in [6.07, 6.45) is 1.46. The first-order chi connectivity index (χ1) is 9.85. The molecule has 0 radical (unpaired) electrons. The molecule has 5 nitrogen and oxygen atoms in total. The molecular weight excluding hydrogens is 334 g/mol. The number of hydrogen-bond donors (Lipinski definition) is 2. The first kappa shape index (κ1) is 17.7. The van der Waals surface area contributed by atoms with Crippen LogP contribution >= 0.6 is 15.9 Å². The number of carbonyl (C=O) groups excluding carboxylic acids is 2. The van der Waals surface area contributed by atoms with E-state index < -0.39 is 6.04 Å². The van der Waals surface area contributed by atoms with Crippen molar-refractivity contribution in [3.63, 3.8) is 0 Å². The van der Waals surface area contributed by atoms with Gasteiger partial charge in [-0.2, -0.15) is 0 Å². The van der Waals surface area contributed by atoms with Crippen LogP contribution in [-0.4, -0.2) is 36.3 Å². The molecule has 0 saturated carbocycles. The van der Waals surface area contributed by atoms with Crippen LogP contribution in [-0.2, 0) is 9.59 Å². The summed E-state index contributed by atoms with van der Waals surface area (Å²) in [4.78, 5) is 25.3. The quantitative estimate of drug-likeness (QED) is 0.821. The fourth-order valence-corrected chi connectivity index (χ4v) is 2.44. The fraction of sp³-hybridized carbons (Fsp3) is 0.467. The van der Waals surface area contributed by atoms with Crippen LogP contribution in [0.2, 0.25) is 0 Å². The lowest BCUT2D eigenvalue weighted by molar-refractivity contribution is -0.134. The molecule has 2 amide bonds. The van der Waals surface area contributed by atoms with Crippen LogP contribution in [0.15, 0.2) is 22.7 Å². The standard InChI is InChI=1S/C15H22BrN3O2/c1-4-5-12(17)15(21)19(3)9-14(20)18-13-7-6-11(16)8-10(13)2/h6-8,12H,4-5,9,17H2,1-3H3,(H,18,20). The number of nitrogens with one attached hydrogen (secondary N) is 1. The molecule has 116 valence electrons. The summed E-state index contributed by atoms with van der Waals surface area (Å²) in [5.41, 5.74) is 7.46. The average Bonchev–Trinajstić information content (AvgIpc) is 2.41. The van der Waals surface area contributed by atoms with Crippen LogP contribution in [0.4, 0.5) is 5.69 Å². The second-order valence-electron chi connectivity index (χ2n) is 5.10. The highest BCUT2D eigenvalue weighted by Crippen LogP contribution is 2.19. The number of nitrogens with zero attached hydrogens (tertiary/aromatic N) is 1. The maximum Gasteiger partial charge on any atom is 0.243 e. The lowest BCUT2D eigenvalue weighted by atomic mass is 10.1. The third kappa shape index (κ3) is 5.47. The van der Waals surface area contributed by atoms with Gasteiger partial charge in [0.05, 0.1) is 12.6 Å². The van der Waals surface area contributed by atoms with Crippen molar-refractivity contribution in [3.05, 3.63) is 28.2 Å². The molecule has 6 heteroatoms. The number of benzene rings is 1. The minimum Gasteiger partial charge on any atom is -0.335 e. The van der Waals surface area contributed by atoms with Crippen molar-refractivity contribution < 1.29 is 9.59 Å². The Labute approximate surface area is 134 Å². The number of halogens is 1. The van der Waals surface area contributed by atoms with Crippen molar-refractivity contribution in [2.24, 2.45) is 5.73 Å². The van der Waals surface area contributed by atoms with E-state index in [1.54, 1.807) is 7.05 Å². The average molecular weight is 356 g/mol. The molecule has 0 aliphatic heterocycles. The van der Waals surface area contributed by atoms with Crippen molar-refractivity contribution >= 4 is 33.4 Å². The van der Waals surface area contributed by atoms with Crippen LogP contribution in [0, 0.1) is 6.92 Å². The summed E-state index contributed by atoms with van der Waals surface area (Å²) in [5.74, 6) is -0.445. The van der Waals surface area contributed by atoms with E-state index in [4.69, 9.17) is 5.73 Å². The third-order valence-electron chi connectivity index (χ3n) is 3.14. The van der Waals surface area contributed by atoms with Gasteiger partial charge in [0.2, 0.25) is 11.8 Å². The van der Waals surface area contributed by atoms with Crippen LogP contribution in [0.5, 0.6) is 0 Å². The Kier molecular flexibility index (Phi) is 6.84. The third-order valence-corrected chi connectivity index (χ3v) is 3.63. The van der Waals surface area contributed by atoms with Gasteiger partial charge in [0.15, 0.2) is 0 Å². The number of rotatable bonds is 6. The summed E-state index contributed by atoms with van der Waals surface area (Å²) in [7, 11) is 1.59. The first-order valence-corrected chi connectivity index (χ1v) is 7.71. The molecule has 0 aliphatic rings. The lowest BCUT2D eigenvalue weighted by Crippen LogP contribution is -2.44. The van der Waals surface area contributed by atoms with Crippen molar-refractivity contribution in [1.29, 1.82) is 0 Å². The predicted octanol–water partition coefficient (Wildman–Crippen LogP) is 2.28. The Hall–Kier alpha value is -1.40. The van der Waals surface area contributed by atoms with Crippen molar-refractivity contribution in [2.45, 2.75) is 32.7 Å². The van der Waals surface area contributed by atoms with Crippen molar-refractivity contribution in [2.75, 3.05) is 18.9 Å². The predicted molar refractivity (Wildman–Crippen MR) is 88.0 cm³/mol. The molecule has 0 aliphatic carbocycles. The van der Waals surface area contributed by atoms with Gasteiger partial charge < -0.3 is 16.0 Å². The van der Waals surface area contributed by atoms with Crippen LogP contribution in [0.1, 0.15) is 25.3 Å². The Morgan fingerprint density at radius 2 is 2.10 bits per heavy atom. The molecule has 1 rings (SSSR count). The second kappa shape index (κ2) is 8.14. The maximum absolute atomic E-state index is 12.0. The second-order valence-corrected chi connectivity index (χ2v) is 6.01. The Bertz CT molecular complexity index is 520. The van der Waals surface area contributed by atoms with E-state index in [0.29, 0.717) is 6.42 Å². The zero-order valence-electron chi connectivity index (χ0n) is 12.6. The summed E-state index contributed by atoms with van der Waals surface area (Å²) >= 11 is 3.37. The highest BCUT2D eigenvalue weighted by Gasteiger charge is 2.19. The monoisotopic (exact) mass is 355 g/mol. The molecule has 21 heavy (non-hydrogen) atoms. The Morgan fingerprint density at radius 3 is 2.67 bits per heavy atom. The van der Waals surface area contributed by atoms with E-state index in [1.165, 1.54) is 4.90 Å². The largest absolute Gasteiger partial charge is 0.335 e. The van der Waals surface area contributed by atoms with Crippen LogP contribution in [0.25, 0.3) is 0 Å². The normalized spacial score (nSPS) is 11.9. The van der Waals surface area contributed by atoms with E-state index in [0.717, 1.165) is 22.1 Å². The minimum atomic E-state index is -0.540. The Morgan fingerprint density at radius 1 is 1.43 bits per heavy atom. The van der Waals surface area contributed by atoms with E-state index in [-0.39, 0.29) is 18.4 Å². The zero-order valence-corrected chi connectivity index (χ0v) is 14.2. The van der Waals surface area contributed by atoms with Gasteiger partial charge in [-0.05, 0) is 37.1 Å². The molecule has 0 heterocycles. The van der Waals surface area contributed by atoms with Gasteiger partial charge in [0.1, 0.15) is 0 Å². The molecule has 0 fully saturated rings. The molecule has 1 atom stereocenters.